The van der Waals surface area contributed by atoms with Crippen molar-refractivity contribution in [2.75, 3.05) is 21.3 Å². The first-order valence-corrected chi connectivity index (χ1v) is 12.4. The molecule has 0 heterocycles. The molecule has 1 aliphatic rings. The van der Waals surface area contributed by atoms with Crippen molar-refractivity contribution in [3.05, 3.63) is 82.4 Å². The number of allylic oxidation sites excluding steroid dienone is 1. The summed E-state index contributed by atoms with van der Waals surface area (Å²) in [6.07, 6.45) is 0.0400. The van der Waals surface area contributed by atoms with Crippen LogP contribution in [-0.2, 0) is 11.2 Å². The second kappa shape index (κ2) is 10.3. The second-order valence-corrected chi connectivity index (χ2v) is 9.51. The second-order valence-electron chi connectivity index (χ2n) is 9.51. The fraction of sp³-hybridized carbons (Fsp3) is 0.161. The Morgan fingerprint density at radius 1 is 0.683 bits per heavy atom. The maximum absolute atomic E-state index is 13.7. The number of fused-ring (bicyclic) bond motifs is 3. The van der Waals surface area contributed by atoms with Crippen LogP contribution in [0.1, 0.15) is 33.0 Å². The molecule has 0 amide bonds. The summed E-state index contributed by atoms with van der Waals surface area (Å²) >= 11 is 0. The first kappa shape index (κ1) is 27.2. The fourth-order valence-corrected chi connectivity index (χ4v) is 5.22. The predicted molar refractivity (Wildman–Crippen MR) is 148 cm³/mol. The zero-order chi connectivity index (χ0) is 29.6. The number of hydrogen-bond acceptors (Lipinski definition) is 10. The molecular weight excluding hydrogens is 532 g/mol. The van der Waals surface area contributed by atoms with Gasteiger partial charge in [0.15, 0.2) is 23.0 Å². The van der Waals surface area contributed by atoms with Gasteiger partial charge in [0.05, 0.1) is 26.9 Å². The molecule has 0 spiro atoms. The van der Waals surface area contributed by atoms with Crippen LogP contribution < -0.4 is 14.2 Å². The van der Waals surface area contributed by atoms with Gasteiger partial charge in [-0.1, -0.05) is 6.07 Å². The van der Waals surface area contributed by atoms with Crippen LogP contribution in [0.5, 0.6) is 40.2 Å². The Balaban J connectivity index is 1.81. The van der Waals surface area contributed by atoms with Gasteiger partial charge in [0.1, 0.15) is 17.3 Å². The number of aromatic hydroxyl groups is 4. The van der Waals surface area contributed by atoms with Gasteiger partial charge in [-0.2, -0.15) is 0 Å². The van der Waals surface area contributed by atoms with Crippen LogP contribution in [0.3, 0.4) is 0 Å². The third-order valence-electron chi connectivity index (χ3n) is 7.22. The zero-order valence-electron chi connectivity index (χ0n) is 22.3. The Hall–Kier alpha value is -5.38. The van der Waals surface area contributed by atoms with Crippen LogP contribution in [0.2, 0.25) is 0 Å². The fourth-order valence-electron chi connectivity index (χ4n) is 5.22. The summed E-state index contributed by atoms with van der Waals surface area (Å²) in [6, 6.07) is 12.7. The molecule has 0 aromatic heterocycles. The van der Waals surface area contributed by atoms with Gasteiger partial charge in [0.2, 0.25) is 17.3 Å². The number of phenolic OH excluding ortho intramolecular Hbond substituents is 4. The lowest BCUT2D eigenvalue weighted by Crippen LogP contribution is -2.28. The molecule has 0 saturated carbocycles. The molecule has 0 bridgehead atoms. The van der Waals surface area contributed by atoms with E-state index in [4.69, 9.17) is 14.2 Å². The summed E-state index contributed by atoms with van der Waals surface area (Å²) < 4.78 is 15.9. The molecule has 4 aromatic carbocycles. The molecule has 1 unspecified atom stereocenters. The molecular formula is C31H26O10. The molecule has 1 aliphatic carbocycles. The van der Waals surface area contributed by atoms with Crippen molar-refractivity contribution in [1.82, 2.24) is 0 Å². The van der Waals surface area contributed by atoms with E-state index in [-0.39, 0.29) is 74.1 Å². The smallest absolute Gasteiger partial charge is 0.234 e. The lowest BCUT2D eigenvalue weighted by Gasteiger charge is -2.27. The van der Waals surface area contributed by atoms with E-state index in [0.717, 1.165) is 6.07 Å². The van der Waals surface area contributed by atoms with Crippen molar-refractivity contribution in [3.8, 4) is 40.2 Å². The SMILES string of the molecule is COc1cc(CC(C2=C(O)c3c(cc(O)c4cc(O)ccc34)C(=O)C2=O)c2cc(OC)c(O)c(OC)c2)ccc1O. The maximum atomic E-state index is 13.7. The topological polar surface area (TPSA) is 163 Å². The van der Waals surface area contributed by atoms with Crippen LogP contribution in [-0.4, -0.2) is 58.4 Å². The maximum Gasteiger partial charge on any atom is 0.234 e. The number of rotatable bonds is 7. The third-order valence-corrected chi connectivity index (χ3v) is 7.22. The van der Waals surface area contributed by atoms with Crippen molar-refractivity contribution in [2.24, 2.45) is 0 Å². The number of ether oxygens (including phenoxy) is 3. The van der Waals surface area contributed by atoms with Gasteiger partial charge in [-0.15, -0.1) is 0 Å². The third kappa shape index (κ3) is 4.49. The summed E-state index contributed by atoms with van der Waals surface area (Å²) in [5.74, 6) is -4.02. The van der Waals surface area contributed by atoms with Crippen molar-refractivity contribution < 1.29 is 49.3 Å². The molecule has 5 N–H and O–H groups in total. The minimum Gasteiger partial charge on any atom is -0.508 e. The molecule has 0 saturated heterocycles. The molecule has 10 nitrogen and oxygen atoms in total. The standard InChI is InChI=1S/C31H26O10/c1-39-23-9-14(4-7-21(23)33)8-18(15-10-24(40-2)29(36)25(11-15)41-3)27-30(37)26-17-6-5-16(32)12-19(17)22(34)13-20(26)28(35)31(27)38/h4-7,9-13,18,32-34,36-37H,8H2,1-3H3. The molecule has 0 fully saturated rings. The quantitative estimate of drug-likeness (QED) is 0.200. The number of carbonyl (C=O) groups excluding carboxylic acids is 2. The van der Waals surface area contributed by atoms with E-state index in [1.54, 1.807) is 12.1 Å². The number of aliphatic hydroxyl groups is 1. The summed E-state index contributed by atoms with van der Waals surface area (Å²) in [4.78, 5) is 27.2. The highest BCUT2D eigenvalue weighted by atomic mass is 16.5. The summed E-state index contributed by atoms with van der Waals surface area (Å²) in [7, 11) is 4.07. The number of hydrogen-bond donors (Lipinski definition) is 5. The average Bonchev–Trinajstić information content (AvgIpc) is 2.96. The van der Waals surface area contributed by atoms with Crippen LogP contribution >= 0.6 is 0 Å². The van der Waals surface area contributed by atoms with E-state index < -0.39 is 23.2 Å². The molecule has 0 aliphatic heterocycles. The van der Waals surface area contributed by atoms with Gasteiger partial charge in [0.25, 0.3) is 0 Å². The molecule has 0 radical (unpaired) electrons. The normalized spacial score (nSPS) is 13.7. The Kier molecular flexibility index (Phi) is 6.84. The number of benzene rings is 4. The van der Waals surface area contributed by atoms with Crippen LogP contribution in [0.4, 0.5) is 0 Å². The number of carbonyl (C=O) groups is 2. The lowest BCUT2D eigenvalue weighted by molar-refractivity contribution is -0.112. The van der Waals surface area contributed by atoms with Gasteiger partial charge in [0, 0.05) is 22.4 Å². The molecule has 210 valence electrons. The molecule has 41 heavy (non-hydrogen) atoms. The highest BCUT2D eigenvalue weighted by Crippen LogP contribution is 2.46. The van der Waals surface area contributed by atoms with E-state index in [1.165, 1.54) is 57.7 Å². The van der Waals surface area contributed by atoms with Gasteiger partial charge in [-0.05, 0) is 71.5 Å². The first-order valence-electron chi connectivity index (χ1n) is 12.4. The van der Waals surface area contributed by atoms with Gasteiger partial charge in [-0.25, -0.2) is 0 Å². The van der Waals surface area contributed by atoms with E-state index >= 15 is 0 Å². The van der Waals surface area contributed by atoms with Crippen LogP contribution in [0.25, 0.3) is 16.5 Å². The van der Waals surface area contributed by atoms with E-state index in [1.807, 2.05) is 0 Å². The Morgan fingerprint density at radius 3 is 1.98 bits per heavy atom. The van der Waals surface area contributed by atoms with Gasteiger partial charge >= 0.3 is 0 Å². The predicted octanol–water partition coefficient (Wildman–Crippen LogP) is 4.75. The minimum atomic E-state index is -0.991. The number of methoxy groups -OCH3 is 3. The number of aliphatic hydroxyl groups excluding tert-OH is 1. The Bertz CT molecular complexity index is 1740. The Morgan fingerprint density at radius 2 is 1.34 bits per heavy atom. The number of Topliss-reactive ketones (excluding diaryl/α,β-unsaturated/α-hetero) is 2. The van der Waals surface area contributed by atoms with E-state index in [9.17, 15) is 35.1 Å². The molecule has 4 aromatic rings. The van der Waals surface area contributed by atoms with Gasteiger partial charge in [-0.3, -0.25) is 9.59 Å². The number of ketones is 2. The average molecular weight is 559 g/mol. The lowest BCUT2D eigenvalue weighted by atomic mass is 9.76. The van der Waals surface area contributed by atoms with Crippen molar-refractivity contribution in [2.45, 2.75) is 12.3 Å². The van der Waals surface area contributed by atoms with Crippen LogP contribution in [0.15, 0.2) is 60.2 Å². The first-order chi connectivity index (χ1) is 19.6. The highest BCUT2D eigenvalue weighted by Gasteiger charge is 2.39. The summed E-state index contributed by atoms with van der Waals surface area (Å²) in [6.45, 7) is 0. The Labute approximate surface area is 233 Å². The largest absolute Gasteiger partial charge is 0.508 e. The molecule has 10 heteroatoms. The van der Waals surface area contributed by atoms with E-state index in [2.05, 4.69) is 0 Å². The zero-order valence-corrected chi connectivity index (χ0v) is 22.3. The minimum absolute atomic E-state index is 0.0309. The summed E-state index contributed by atoms with van der Waals surface area (Å²) in [5, 5.41) is 53.3. The van der Waals surface area contributed by atoms with Gasteiger partial charge < -0.3 is 39.7 Å². The van der Waals surface area contributed by atoms with Crippen LogP contribution in [0, 0.1) is 0 Å². The van der Waals surface area contributed by atoms with Crippen molar-refractivity contribution in [3.63, 3.8) is 0 Å². The molecule has 5 rings (SSSR count). The highest BCUT2D eigenvalue weighted by molar-refractivity contribution is 6.53. The summed E-state index contributed by atoms with van der Waals surface area (Å²) in [5.41, 5.74) is 0.573. The van der Waals surface area contributed by atoms with Crippen molar-refractivity contribution in [1.29, 1.82) is 0 Å². The van der Waals surface area contributed by atoms with E-state index in [0.29, 0.717) is 11.1 Å². The van der Waals surface area contributed by atoms with Crippen molar-refractivity contribution >= 4 is 28.1 Å². The monoisotopic (exact) mass is 558 g/mol. The molecule has 1 atom stereocenters. The number of phenols is 4.